The van der Waals surface area contributed by atoms with E-state index in [4.69, 9.17) is 0 Å². The van der Waals surface area contributed by atoms with Gasteiger partial charge in [0.15, 0.2) is 0 Å². The molecule has 1 saturated heterocycles. The molecular weight excluding hydrogens is 184 g/mol. The fourth-order valence-corrected chi connectivity index (χ4v) is 2.62. The van der Waals surface area contributed by atoms with Crippen LogP contribution in [0.3, 0.4) is 0 Å². The molecule has 2 nitrogen and oxygen atoms in total. The van der Waals surface area contributed by atoms with Crippen molar-refractivity contribution >= 4 is 0 Å². The zero-order chi connectivity index (χ0) is 10.1. The third-order valence-corrected chi connectivity index (χ3v) is 3.72. The van der Waals surface area contributed by atoms with E-state index in [9.17, 15) is 0 Å². The number of piperazine rings is 1. The van der Waals surface area contributed by atoms with Crippen LogP contribution in [-0.2, 0) is 0 Å². The normalized spacial score (nSPS) is 28.0. The van der Waals surface area contributed by atoms with Crippen LogP contribution in [0.2, 0.25) is 0 Å². The average molecular weight is 204 g/mol. The highest BCUT2D eigenvalue weighted by Gasteiger charge is 2.31. The van der Waals surface area contributed by atoms with Crippen LogP contribution in [-0.4, -0.2) is 42.0 Å². The Hall–Kier alpha value is -0.760. The van der Waals surface area contributed by atoms with Gasteiger partial charge in [0.1, 0.15) is 0 Å². The Labute approximate surface area is 92.2 Å². The van der Waals surface area contributed by atoms with Crippen LogP contribution in [0.4, 0.5) is 0 Å². The number of allylic oxidation sites excluding steroid dienone is 3. The lowest BCUT2D eigenvalue weighted by Crippen LogP contribution is -2.46. The van der Waals surface area contributed by atoms with Crippen LogP contribution < -0.4 is 0 Å². The van der Waals surface area contributed by atoms with Gasteiger partial charge in [-0.3, -0.25) is 4.90 Å². The molecule has 0 radical (unpaired) electrons. The summed E-state index contributed by atoms with van der Waals surface area (Å²) < 4.78 is 0. The second-order valence-electron chi connectivity index (χ2n) is 4.86. The van der Waals surface area contributed by atoms with Crippen molar-refractivity contribution in [3.05, 3.63) is 23.9 Å². The summed E-state index contributed by atoms with van der Waals surface area (Å²) in [6, 6.07) is 0.947. The molecule has 0 spiro atoms. The van der Waals surface area contributed by atoms with E-state index < -0.39 is 0 Å². The number of hydrogen-bond acceptors (Lipinski definition) is 2. The molecule has 1 heterocycles. The summed E-state index contributed by atoms with van der Waals surface area (Å²) in [6.45, 7) is 5.00. The summed E-state index contributed by atoms with van der Waals surface area (Å²) in [5, 5.41) is 0. The van der Waals surface area contributed by atoms with Crippen LogP contribution in [0.25, 0.3) is 0 Å². The Morgan fingerprint density at radius 3 is 2.40 bits per heavy atom. The topological polar surface area (TPSA) is 6.48 Å². The quantitative estimate of drug-likeness (QED) is 0.679. The van der Waals surface area contributed by atoms with Gasteiger partial charge >= 0.3 is 0 Å². The molecular formula is C13H20N2. The van der Waals surface area contributed by atoms with Crippen molar-refractivity contribution in [1.29, 1.82) is 0 Å². The van der Waals surface area contributed by atoms with E-state index in [0.717, 1.165) is 6.04 Å². The Morgan fingerprint density at radius 1 is 1.00 bits per heavy atom. The zero-order valence-electron chi connectivity index (χ0n) is 9.36. The second kappa shape index (κ2) is 4.01. The van der Waals surface area contributed by atoms with E-state index in [2.05, 4.69) is 28.0 Å². The van der Waals surface area contributed by atoms with Crippen LogP contribution in [0.5, 0.6) is 0 Å². The SMILES string of the molecule is C1=CC(N2CCN(C3CC3)CC2)=CCC1. The summed E-state index contributed by atoms with van der Waals surface area (Å²) in [6.07, 6.45) is 12.4. The maximum atomic E-state index is 2.67. The minimum atomic E-state index is 0.947. The standard InChI is InChI=1S/C13H20N2/c1-2-4-12(5-3-1)14-8-10-15(11-9-14)13-6-7-13/h2,4-5,13H,1,3,6-11H2. The van der Waals surface area contributed by atoms with Gasteiger partial charge in [0.25, 0.3) is 0 Å². The molecule has 3 rings (SSSR count). The predicted octanol–water partition coefficient (Wildman–Crippen LogP) is 2.00. The minimum absolute atomic E-state index is 0.947. The Balaban J connectivity index is 1.56. The fourth-order valence-electron chi connectivity index (χ4n) is 2.62. The molecule has 1 saturated carbocycles. The van der Waals surface area contributed by atoms with E-state index in [0.29, 0.717) is 0 Å². The van der Waals surface area contributed by atoms with Gasteiger partial charge in [0.05, 0.1) is 0 Å². The van der Waals surface area contributed by atoms with Gasteiger partial charge in [-0.25, -0.2) is 0 Å². The Morgan fingerprint density at radius 2 is 1.80 bits per heavy atom. The first-order valence-electron chi connectivity index (χ1n) is 6.29. The van der Waals surface area contributed by atoms with Crippen molar-refractivity contribution < 1.29 is 0 Å². The van der Waals surface area contributed by atoms with Gasteiger partial charge < -0.3 is 4.90 Å². The average Bonchev–Trinajstić information content (AvgIpc) is 3.15. The summed E-state index contributed by atoms with van der Waals surface area (Å²) >= 11 is 0. The van der Waals surface area contributed by atoms with Crippen LogP contribution in [0.15, 0.2) is 23.9 Å². The molecule has 2 heteroatoms. The minimum Gasteiger partial charge on any atom is -0.369 e. The van der Waals surface area contributed by atoms with Gasteiger partial charge in [0, 0.05) is 37.9 Å². The van der Waals surface area contributed by atoms with Crippen molar-refractivity contribution in [2.24, 2.45) is 0 Å². The number of rotatable bonds is 2. The van der Waals surface area contributed by atoms with E-state index in [1.807, 2.05) is 0 Å². The van der Waals surface area contributed by atoms with E-state index in [1.165, 1.54) is 57.6 Å². The molecule has 1 aliphatic heterocycles. The summed E-state index contributed by atoms with van der Waals surface area (Å²) in [5.41, 5.74) is 1.47. The molecule has 0 N–H and O–H groups in total. The van der Waals surface area contributed by atoms with Gasteiger partial charge in [-0.2, -0.15) is 0 Å². The molecule has 0 aromatic carbocycles. The van der Waals surface area contributed by atoms with Crippen molar-refractivity contribution in [2.75, 3.05) is 26.2 Å². The molecule has 15 heavy (non-hydrogen) atoms. The van der Waals surface area contributed by atoms with Crippen molar-refractivity contribution in [2.45, 2.75) is 31.7 Å². The third-order valence-electron chi connectivity index (χ3n) is 3.72. The van der Waals surface area contributed by atoms with Gasteiger partial charge in [-0.1, -0.05) is 12.2 Å². The molecule has 0 aromatic heterocycles. The molecule has 2 aliphatic carbocycles. The highest BCUT2D eigenvalue weighted by Crippen LogP contribution is 2.28. The Kier molecular flexibility index (Phi) is 2.53. The van der Waals surface area contributed by atoms with Crippen LogP contribution >= 0.6 is 0 Å². The molecule has 0 bridgehead atoms. The summed E-state index contributed by atoms with van der Waals surface area (Å²) in [4.78, 5) is 5.22. The molecule has 0 amide bonds. The molecule has 0 unspecified atom stereocenters. The largest absolute Gasteiger partial charge is 0.369 e. The van der Waals surface area contributed by atoms with Crippen molar-refractivity contribution in [3.63, 3.8) is 0 Å². The maximum absolute atomic E-state index is 2.67. The number of hydrogen-bond donors (Lipinski definition) is 0. The van der Waals surface area contributed by atoms with Gasteiger partial charge in [-0.05, 0) is 31.8 Å². The fraction of sp³-hybridized carbons (Fsp3) is 0.692. The first-order chi connectivity index (χ1) is 7.43. The molecule has 0 aromatic rings. The zero-order valence-corrected chi connectivity index (χ0v) is 9.36. The molecule has 0 atom stereocenters. The first kappa shape index (κ1) is 9.46. The van der Waals surface area contributed by atoms with E-state index in [1.54, 1.807) is 0 Å². The summed E-state index contributed by atoms with van der Waals surface area (Å²) in [7, 11) is 0. The lowest BCUT2D eigenvalue weighted by atomic mass is 10.1. The third kappa shape index (κ3) is 2.10. The van der Waals surface area contributed by atoms with Crippen LogP contribution in [0, 0.1) is 0 Å². The lowest BCUT2D eigenvalue weighted by molar-refractivity contribution is 0.154. The molecule has 82 valence electrons. The highest BCUT2D eigenvalue weighted by atomic mass is 15.3. The van der Waals surface area contributed by atoms with Crippen molar-refractivity contribution in [1.82, 2.24) is 9.80 Å². The van der Waals surface area contributed by atoms with Crippen molar-refractivity contribution in [3.8, 4) is 0 Å². The predicted molar refractivity (Wildman–Crippen MR) is 62.6 cm³/mol. The summed E-state index contributed by atoms with van der Waals surface area (Å²) in [5.74, 6) is 0. The number of nitrogens with zero attached hydrogens (tertiary/aromatic N) is 2. The van der Waals surface area contributed by atoms with E-state index in [-0.39, 0.29) is 0 Å². The van der Waals surface area contributed by atoms with E-state index >= 15 is 0 Å². The lowest BCUT2D eigenvalue weighted by Gasteiger charge is -2.37. The van der Waals surface area contributed by atoms with Crippen LogP contribution in [0.1, 0.15) is 25.7 Å². The monoisotopic (exact) mass is 204 g/mol. The second-order valence-corrected chi connectivity index (χ2v) is 4.86. The first-order valence-corrected chi connectivity index (χ1v) is 6.29. The molecule has 2 fully saturated rings. The van der Waals surface area contributed by atoms with Gasteiger partial charge in [0.2, 0.25) is 0 Å². The molecule has 3 aliphatic rings. The smallest absolute Gasteiger partial charge is 0.0323 e. The Bertz CT molecular complexity index is 281. The maximum Gasteiger partial charge on any atom is 0.0323 e. The van der Waals surface area contributed by atoms with Gasteiger partial charge in [-0.15, -0.1) is 0 Å². The highest BCUT2D eigenvalue weighted by molar-refractivity contribution is 5.21.